The number of rotatable bonds is 21. The van der Waals surface area contributed by atoms with Crippen LogP contribution in [0, 0.1) is 0 Å². The molecule has 13 heteroatoms. The Morgan fingerprint density at radius 3 is 0.765 bits per heavy atom. The van der Waals surface area contributed by atoms with Crippen molar-refractivity contribution in [3.63, 3.8) is 0 Å². The Balaban J connectivity index is 7.32. The van der Waals surface area contributed by atoms with Gasteiger partial charge in [-0.05, 0) is 40.0 Å². The highest BCUT2D eigenvalue weighted by atomic mass is 28.4. The Morgan fingerprint density at radius 1 is 0.441 bits per heavy atom. The zero-order valence-electron chi connectivity index (χ0n) is 23.6. The third kappa shape index (κ3) is 7.18. The fourth-order valence-corrected chi connectivity index (χ4v) is 13.6. The van der Waals surface area contributed by atoms with Crippen molar-refractivity contribution >= 4 is 26.4 Å². The predicted molar refractivity (Wildman–Crippen MR) is 138 cm³/mol. The lowest BCUT2D eigenvalue weighted by Crippen LogP contribution is -2.76. The van der Waals surface area contributed by atoms with E-state index in [0.29, 0.717) is 39.1 Å². The molecule has 0 aromatic heterocycles. The highest BCUT2D eigenvalue weighted by Gasteiger charge is 2.64. The molecule has 34 heavy (non-hydrogen) atoms. The predicted octanol–water partition coefficient (Wildman–Crippen LogP) is 3.05. The molecule has 0 saturated heterocycles. The lowest BCUT2D eigenvalue weighted by Gasteiger charge is -2.52. The molecule has 0 fully saturated rings. The van der Waals surface area contributed by atoms with Crippen LogP contribution in [0.4, 0.5) is 0 Å². The Hall–Kier alpha value is 0.251. The highest BCUT2D eigenvalue weighted by molar-refractivity contribution is 6.66. The van der Waals surface area contributed by atoms with E-state index in [2.05, 4.69) is 25.7 Å². The lowest BCUT2D eigenvalue weighted by molar-refractivity contribution is -0.00795. The quantitative estimate of drug-likeness (QED) is 0.201. The summed E-state index contributed by atoms with van der Waals surface area (Å²) in [5.41, 5.74) is -0.771. The van der Waals surface area contributed by atoms with Crippen LogP contribution >= 0.6 is 0 Å². The lowest BCUT2D eigenvalue weighted by atomic mass is 10.3. The fraction of sp³-hybridized carbons (Fsp3) is 1.00. The van der Waals surface area contributed by atoms with Gasteiger partial charge in [-0.1, -0.05) is 20.8 Å². The SMILES string of the molecule is CCO[Si](OC)(OC)C(CC)N(C(CC)[Si](OC)(OC)OCC)C(CC)[Si](OC)(OC)OCC. The van der Waals surface area contributed by atoms with Crippen molar-refractivity contribution in [3.8, 4) is 0 Å². The largest absolute Gasteiger partial charge is 0.518 e. The molecule has 0 aliphatic carbocycles. The maximum Gasteiger partial charge on any atom is 0.518 e. The van der Waals surface area contributed by atoms with Crippen LogP contribution in [0.5, 0.6) is 0 Å². The molecule has 0 N–H and O–H groups in total. The van der Waals surface area contributed by atoms with Gasteiger partial charge in [-0.25, -0.2) is 0 Å². The molecule has 0 aromatic carbocycles. The first kappa shape index (κ1) is 34.3. The minimum absolute atomic E-state index is 0.257. The van der Waals surface area contributed by atoms with E-state index in [0.717, 1.165) is 0 Å². The van der Waals surface area contributed by atoms with Crippen LogP contribution in [0.3, 0.4) is 0 Å². The maximum absolute atomic E-state index is 6.27. The summed E-state index contributed by atoms with van der Waals surface area (Å²) in [5, 5.41) is 0. The van der Waals surface area contributed by atoms with Gasteiger partial charge in [-0.3, -0.25) is 4.90 Å². The van der Waals surface area contributed by atoms with Crippen LogP contribution in [-0.4, -0.2) is 111 Å². The second-order valence-electron chi connectivity index (χ2n) is 7.55. The normalized spacial score (nSPS) is 16.1. The Bertz CT molecular complexity index is 452. The van der Waals surface area contributed by atoms with E-state index in [1.54, 1.807) is 42.7 Å². The average molecular weight is 546 g/mol. The molecule has 0 aliphatic heterocycles. The van der Waals surface area contributed by atoms with Crippen LogP contribution in [0.2, 0.25) is 0 Å². The van der Waals surface area contributed by atoms with E-state index in [4.69, 9.17) is 39.8 Å². The van der Waals surface area contributed by atoms with E-state index in [9.17, 15) is 0 Å². The third-order valence-electron chi connectivity index (χ3n) is 6.21. The molecule has 0 amide bonds. The maximum atomic E-state index is 6.27. The van der Waals surface area contributed by atoms with Gasteiger partial charge in [-0.15, -0.1) is 0 Å². The van der Waals surface area contributed by atoms with Crippen molar-refractivity contribution in [3.05, 3.63) is 0 Å². The van der Waals surface area contributed by atoms with Crippen molar-refractivity contribution in [2.75, 3.05) is 62.5 Å². The van der Waals surface area contributed by atoms with Gasteiger partial charge >= 0.3 is 26.4 Å². The summed E-state index contributed by atoms with van der Waals surface area (Å²) in [6.45, 7) is 13.5. The van der Waals surface area contributed by atoms with Crippen LogP contribution in [0.25, 0.3) is 0 Å². The second kappa shape index (κ2) is 16.9. The molecule has 10 nitrogen and oxygen atoms in total. The Morgan fingerprint density at radius 2 is 0.647 bits per heavy atom. The van der Waals surface area contributed by atoms with Crippen LogP contribution in [0.1, 0.15) is 60.8 Å². The smallest absolute Gasteiger partial charge is 0.376 e. The first-order chi connectivity index (χ1) is 16.3. The summed E-state index contributed by atoms with van der Waals surface area (Å²) in [7, 11) is 0.246. The van der Waals surface area contributed by atoms with Crippen molar-refractivity contribution < 1.29 is 39.8 Å². The standard InChI is InChI=1S/C21H51NO9Si3/c1-13-19(32(23-7,24-8)29-16-4)22(20(14-2)33(25-9,26-10)30-17-5)21(15-3)34(27-11,28-12)31-18-6/h19-21H,13-18H2,1-12H3. The molecule has 0 aliphatic rings. The summed E-state index contributed by atoms with van der Waals surface area (Å²) in [6, 6.07) is 0. The van der Waals surface area contributed by atoms with Gasteiger partial charge in [0, 0.05) is 62.5 Å². The summed E-state index contributed by atoms with van der Waals surface area (Å²) in [5.74, 6) is 0. The molecule has 0 bridgehead atoms. The molecule has 3 unspecified atom stereocenters. The van der Waals surface area contributed by atoms with Gasteiger partial charge in [0.15, 0.2) is 0 Å². The summed E-state index contributed by atoms with van der Waals surface area (Å²) >= 11 is 0. The van der Waals surface area contributed by atoms with Gasteiger partial charge < -0.3 is 39.8 Å². The van der Waals surface area contributed by atoms with Crippen LogP contribution in [-0.2, 0) is 39.8 Å². The van der Waals surface area contributed by atoms with Gasteiger partial charge in [0.05, 0.1) is 17.0 Å². The van der Waals surface area contributed by atoms with Gasteiger partial charge in [0.1, 0.15) is 0 Å². The zero-order valence-corrected chi connectivity index (χ0v) is 26.6. The van der Waals surface area contributed by atoms with E-state index < -0.39 is 26.4 Å². The summed E-state index contributed by atoms with van der Waals surface area (Å²) in [4.78, 5) is 2.32. The highest BCUT2D eigenvalue weighted by Crippen LogP contribution is 2.35. The minimum atomic E-state index is -3.21. The van der Waals surface area contributed by atoms with Crippen LogP contribution in [0.15, 0.2) is 0 Å². The van der Waals surface area contributed by atoms with Crippen molar-refractivity contribution in [1.29, 1.82) is 0 Å². The molecular weight excluding hydrogens is 494 g/mol. The fourth-order valence-electron chi connectivity index (χ4n) is 4.89. The first-order valence-electron chi connectivity index (χ1n) is 12.3. The minimum Gasteiger partial charge on any atom is -0.376 e. The molecule has 0 radical (unpaired) electrons. The average Bonchev–Trinajstić information content (AvgIpc) is 2.87. The monoisotopic (exact) mass is 545 g/mol. The molecule has 0 heterocycles. The molecule has 0 saturated carbocycles. The van der Waals surface area contributed by atoms with Crippen molar-refractivity contribution in [2.45, 2.75) is 77.8 Å². The molecule has 0 spiro atoms. The Kier molecular flexibility index (Phi) is 17.0. The van der Waals surface area contributed by atoms with Gasteiger partial charge in [0.2, 0.25) is 0 Å². The molecule has 206 valence electrons. The van der Waals surface area contributed by atoms with Crippen molar-refractivity contribution in [2.24, 2.45) is 0 Å². The van der Waals surface area contributed by atoms with Crippen molar-refractivity contribution in [1.82, 2.24) is 4.90 Å². The summed E-state index contributed by atoms with van der Waals surface area (Å²) < 4.78 is 55.2. The number of hydrogen-bond acceptors (Lipinski definition) is 10. The van der Waals surface area contributed by atoms with E-state index in [-0.39, 0.29) is 17.0 Å². The molecular formula is C21H51NO9Si3. The van der Waals surface area contributed by atoms with E-state index in [1.807, 2.05) is 20.8 Å². The third-order valence-corrected chi connectivity index (χ3v) is 16.3. The topological polar surface area (TPSA) is 86.3 Å². The van der Waals surface area contributed by atoms with Gasteiger partial charge in [-0.2, -0.15) is 0 Å². The molecule has 0 aromatic rings. The first-order valence-corrected chi connectivity index (χ1v) is 17.7. The summed E-state index contributed by atoms with van der Waals surface area (Å²) in [6.07, 6.45) is 2.07. The number of nitrogens with zero attached hydrogens (tertiary/aromatic N) is 1. The zero-order chi connectivity index (χ0) is 26.4. The number of hydrogen-bond donors (Lipinski definition) is 0. The van der Waals surface area contributed by atoms with Crippen LogP contribution < -0.4 is 0 Å². The molecule has 0 rings (SSSR count). The Labute approximate surface area is 211 Å². The van der Waals surface area contributed by atoms with E-state index >= 15 is 0 Å². The van der Waals surface area contributed by atoms with E-state index in [1.165, 1.54) is 0 Å². The second-order valence-corrected chi connectivity index (χ2v) is 16.5. The molecule has 3 atom stereocenters. The van der Waals surface area contributed by atoms with Gasteiger partial charge in [0.25, 0.3) is 0 Å².